The molecule has 0 radical (unpaired) electrons. The average molecular weight is 250 g/mol. The molecule has 0 heterocycles. The van der Waals surface area contributed by atoms with E-state index in [0.29, 0.717) is 6.42 Å². The molecule has 0 aromatic rings. The van der Waals surface area contributed by atoms with Gasteiger partial charge in [-0.1, -0.05) is 0 Å². The molecule has 0 aromatic heterocycles. The second-order valence-corrected chi connectivity index (χ2v) is 6.88. The van der Waals surface area contributed by atoms with Crippen molar-refractivity contribution in [3.8, 4) is 0 Å². The van der Waals surface area contributed by atoms with Crippen molar-refractivity contribution < 1.29 is 13.2 Å². The van der Waals surface area contributed by atoms with Crippen molar-refractivity contribution in [3.05, 3.63) is 0 Å². The molecule has 3 N–H and O–H groups in total. The molecule has 1 amide bonds. The van der Waals surface area contributed by atoms with Crippen LogP contribution in [0.4, 0.5) is 0 Å². The summed E-state index contributed by atoms with van der Waals surface area (Å²) in [7, 11) is -3.39. The highest BCUT2D eigenvalue weighted by Crippen LogP contribution is 2.05. The SMILES string of the molecule is CC(N)CCS(=O)(=O)C(C)C(=O)NC(C)C. The predicted molar refractivity (Wildman–Crippen MR) is 64.8 cm³/mol. The maximum atomic E-state index is 11.7. The summed E-state index contributed by atoms with van der Waals surface area (Å²) >= 11 is 0. The number of hydrogen-bond donors (Lipinski definition) is 2. The van der Waals surface area contributed by atoms with Gasteiger partial charge in [-0.15, -0.1) is 0 Å². The normalized spacial score (nSPS) is 15.9. The molecule has 0 bridgehead atoms. The van der Waals surface area contributed by atoms with Crippen molar-refractivity contribution in [3.63, 3.8) is 0 Å². The van der Waals surface area contributed by atoms with Crippen molar-refractivity contribution in [2.45, 2.75) is 51.4 Å². The summed E-state index contributed by atoms with van der Waals surface area (Å²) in [5, 5.41) is 1.58. The number of rotatable bonds is 6. The van der Waals surface area contributed by atoms with Crippen molar-refractivity contribution in [1.82, 2.24) is 5.32 Å². The molecule has 16 heavy (non-hydrogen) atoms. The summed E-state index contributed by atoms with van der Waals surface area (Å²) in [5.41, 5.74) is 5.49. The quantitative estimate of drug-likeness (QED) is 0.697. The van der Waals surface area contributed by atoms with E-state index in [4.69, 9.17) is 5.73 Å². The molecule has 0 spiro atoms. The van der Waals surface area contributed by atoms with E-state index in [1.165, 1.54) is 6.92 Å². The summed E-state index contributed by atoms with van der Waals surface area (Å²) in [6.45, 7) is 6.74. The molecular formula is C10H22N2O3S. The fraction of sp³-hybridized carbons (Fsp3) is 0.900. The van der Waals surface area contributed by atoms with Crippen LogP contribution in [-0.4, -0.2) is 37.4 Å². The number of amides is 1. The second-order valence-electron chi connectivity index (χ2n) is 4.44. The molecule has 0 aliphatic carbocycles. The van der Waals surface area contributed by atoms with Gasteiger partial charge < -0.3 is 11.1 Å². The summed E-state index contributed by atoms with van der Waals surface area (Å²) < 4.78 is 23.5. The predicted octanol–water partition coefficient (Wildman–Crippen LogP) is 0.0516. The van der Waals surface area contributed by atoms with Gasteiger partial charge in [0.15, 0.2) is 9.84 Å². The maximum absolute atomic E-state index is 11.7. The molecule has 0 aromatic carbocycles. The lowest BCUT2D eigenvalue weighted by atomic mass is 10.3. The molecule has 0 rings (SSSR count). The van der Waals surface area contributed by atoms with Crippen molar-refractivity contribution in [1.29, 1.82) is 0 Å². The van der Waals surface area contributed by atoms with E-state index < -0.39 is 21.0 Å². The van der Waals surface area contributed by atoms with E-state index in [9.17, 15) is 13.2 Å². The van der Waals surface area contributed by atoms with E-state index in [1.54, 1.807) is 20.8 Å². The molecule has 5 nitrogen and oxygen atoms in total. The maximum Gasteiger partial charge on any atom is 0.238 e. The fourth-order valence-electron chi connectivity index (χ4n) is 1.09. The molecule has 0 aliphatic heterocycles. The van der Waals surface area contributed by atoms with Gasteiger partial charge in [-0.25, -0.2) is 8.42 Å². The van der Waals surface area contributed by atoms with Gasteiger partial charge in [-0.3, -0.25) is 4.79 Å². The van der Waals surface area contributed by atoms with Gasteiger partial charge in [-0.05, 0) is 34.1 Å². The average Bonchev–Trinajstić information content (AvgIpc) is 2.12. The number of sulfone groups is 1. The monoisotopic (exact) mass is 250 g/mol. The second kappa shape index (κ2) is 6.20. The summed E-state index contributed by atoms with van der Waals surface area (Å²) in [6, 6.07) is -0.228. The third-order valence-corrected chi connectivity index (χ3v) is 4.29. The van der Waals surface area contributed by atoms with E-state index in [1.807, 2.05) is 0 Å². The Kier molecular flexibility index (Phi) is 5.96. The number of hydrogen-bond acceptors (Lipinski definition) is 4. The zero-order chi connectivity index (χ0) is 12.9. The van der Waals surface area contributed by atoms with Crippen molar-refractivity contribution in [2.75, 3.05) is 5.75 Å². The lowest BCUT2D eigenvalue weighted by Crippen LogP contribution is -2.42. The van der Waals surface area contributed by atoms with Crippen LogP contribution in [0.5, 0.6) is 0 Å². The highest BCUT2D eigenvalue weighted by molar-refractivity contribution is 7.92. The van der Waals surface area contributed by atoms with Crippen LogP contribution < -0.4 is 11.1 Å². The van der Waals surface area contributed by atoms with Crippen LogP contribution >= 0.6 is 0 Å². The smallest absolute Gasteiger partial charge is 0.238 e. The first kappa shape index (κ1) is 15.4. The number of carbonyl (C=O) groups is 1. The minimum Gasteiger partial charge on any atom is -0.353 e. The molecule has 0 saturated heterocycles. The van der Waals surface area contributed by atoms with Crippen LogP contribution in [0.15, 0.2) is 0 Å². The van der Waals surface area contributed by atoms with Gasteiger partial charge in [-0.2, -0.15) is 0 Å². The van der Waals surface area contributed by atoms with Crippen LogP contribution in [0.1, 0.15) is 34.1 Å². The Bertz CT molecular complexity index is 323. The minimum absolute atomic E-state index is 0.0443. The van der Waals surface area contributed by atoms with E-state index in [2.05, 4.69) is 5.32 Å². The van der Waals surface area contributed by atoms with Gasteiger partial charge >= 0.3 is 0 Å². The third-order valence-electron chi connectivity index (χ3n) is 2.20. The Morgan fingerprint density at radius 1 is 1.25 bits per heavy atom. The van der Waals surface area contributed by atoms with Gasteiger partial charge in [0.2, 0.25) is 5.91 Å². The minimum atomic E-state index is -3.39. The Morgan fingerprint density at radius 3 is 2.12 bits per heavy atom. The Balaban J connectivity index is 4.45. The molecule has 0 aliphatic rings. The summed E-state index contributed by atoms with van der Waals surface area (Å²) in [6.07, 6.45) is 0.377. The fourth-order valence-corrected chi connectivity index (χ4v) is 2.54. The molecule has 6 heteroatoms. The molecule has 0 saturated carbocycles. The zero-order valence-electron chi connectivity index (χ0n) is 10.4. The highest BCUT2D eigenvalue weighted by Gasteiger charge is 2.27. The van der Waals surface area contributed by atoms with Gasteiger partial charge in [0.05, 0.1) is 5.75 Å². The van der Waals surface area contributed by atoms with E-state index >= 15 is 0 Å². The molecule has 2 unspecified atom stereocenters. The Hall–Kier alpha value is -0.620. The van der Waals surface area contributed by atoms with Crippen molar-refractivity contribution >= 4 is 15.7 Å². The van der Waals surface area contributed by atoms with E-state index in [0.717, 1.165) is 0 Å². The molecule has 96 valence electrons. The summed E-state index contributed by atoms with van der Waals surface area (Å²) in [5.74, 6) is -0.489. The van der Waals surface area contributed by atoms with Gasteiger partial charge in [0, 0.05) is 12.1 Å². The standard InChI is InChI=1S/C10H22N2O3S/c1-7(2)12-10(13)9(4)16(14,15)6-5-8(3)11/h7-9H,5-6,11H2,1-4H3,(H,12,13). The lowest BCUT2D eigenvalue weighted by Gasteiger charge is -2.15. The lowest BCUT2D eigenvalue weighted by molar-refractivity contribution is -0.120. The molecule has 0 fully saturated rings. The molecule has 2 atom stereocenters. The van der Waals surface area contributed by atoms with Crippen LogP contribution in [0.25, 0.3) is 0 Å². The van der Waals surface area contributed by atoms with Crippen LogP contribution in [0.3, 0.4) is 0 Å². The zero-order valence-corrected chi connectivity index (χ0v) is 11.2. The van der Waals surface area contributed by atoms with Crippen LogP contribution in [0, 0.1) is 0 Å². The highest BCUT2D eigenvalue weighted by atomic mass is 32.2. The van der Waals surface area contributed by atoms with Gasteiger partial charge in [0.25, 0.3) is 0 Å². The van der Waals surface area contributed by atoms with Crippen molar-refractivity contribution in [2.24, 2.45) is 5.73 Å². The first-order valence-corrected chi connectivity index (χ1v) is 7.16. The number of nitrogens with one attached hydrogen (secondary N) is 1. The first-order chi connectivity index (χ1) is 7.16. The van der Waals surface area contributed by atoms with Crippen LogP contribution in [-0.2, 0) is 14.6 Å². The third kappa shape index (κ3) is 5.46. The number of carbonyl (C=O) groups excluding carboxylic acids is 1. The first-order valence-electron chi connectivity index (χ1n) is 5.44. The Labute approximate surface area is 97.7 Å². The van der Waals surface area contributed by atoms with E-state index in [-0.39, 0.29) is 17.8 Å². The van der Waals surface area contributed by atoms with Gasteiger partial charge in [0.1, 0.15) is 5.25 Å². The Morgan fingerprint density at radius 2 is 1.75 bits per heavy atom. The molecular weight excluding hydrogens is 228 g/mol. The topological polar surface area (TPSA) is 89.3 Å². The largest absolute Gasteiger partial charge is 0.353 e. The summed E-state index contributed by atoms with van der Waals surface area (Å²) in [4.78, 5) is 11.5. The number of nitrogens with two attached hydrogens (primary N) is 1. The van der Waals surface area contributed by atoms with Crippen LogP contribution in [0.2, 0.25) is 0 Å².